The summed E-state index contributed by atoms with van der Waals surface area (Å²) < 4.78 is 0.498. The van der Waals surface area contributed by atoms with Gasteiger partial charge in [0.15, 0.2) is 0 Å². The number of nitrogens with zero attached hydrogens (tertiary/aromatic N) is 1. The van der Waals surface area contributed by atoms with E-state index in [0.717, 1.165) is 12.8 Å². The van der Waals surface area contributed by atoms with Crippen molar-refractivity contribution >= 4 is 27.5 Å². The van der Waals surface area contributed by atoms with Crippen molar-refractivity contribution in [1.82, 2.24) is 5.32 Å². The van der Waals surface area contributed by atoms with Gasteiger partial charge in [0.05, 0.1) is 10.5 Å². The van der Waals surface area contributed by atoms with Crippen LogP contribution in [0.1, 0.15) is 30.1 Å². The average Bonchev–Trinajstić information content (AvgIpc) is 3.22. The van der Waals surface area contributed by atoms with E-state index in [0.29, 0.717) is 16.9 Å². The van der Waals surface area contributed by atoms with E-state index >= 15 is 0 Å². The molecule has 1 fully saturated rings. The second-order valence-corrected chi connectivity index (χ2v) is 6.22. The molecular weight excluding hydrogens is 326 g/mol. The van der Waals surface area contributed by atoms with Gasteiger partial charge >= 0.3 is 0 Å². The van der Waals surface area contributed by atoms with Crippen LogP contribution in [0.25, 0.3) is 0 Å². The molecule has 0 aromatic heterocycles. The van der Waals surface area contributed by atoms with Gasteiger partial charge < -0.3 is 11.1 Å². The number of hydrogen-bond acceptors (Lipinski definition) is 4. The van der Waals surface area contributed by atoms with Crippen molar-refractivity contribution in [3.8, 4) is 0 Å². The van der Waals surface area contributed by atoms with E-state index in [1.807, 2.05) is 6.92 Å². The highest BCUT2D eigenvalue weighted by atomic mass is 79.9. The fourth-order valence-corrected chi connectivity index (χ4v) is 2.66. The lowest BCUT2D eigenvalue weighted by Crippen LogP contribution is -2.53. The van der Waals surface area contributed by atoms with Crippen LogP contribution in [0.4, 0.5) is 5.69 Å². The summed E-state index contributed by atoms with van der Waals surface area (Å²) in [6.07, 6.45) is 2.10. The Morgan fingerprint density at radius 3 is 2.70 bits per heavy atom. The number of nitro benzene ring substituents is 1. The maximum absolute atomic E-state index is 12.3. The van der Waals surface area contributed by atoms with Crippen LogP contribution in [-0.2, 0) is 0 Å². The summed E-state index contributed by atoms with van der Waals surface area (Å²) in [5.74, 6) is 0.0489. The fourth-order valence-electron chi connectivity index (χ4n) is 2.18. The first-order chi connectivity index (χ1) is 9.35. The molecule has 1 saturated carbocycles. The highest BCUT2D eigenvalue weighted by Gasteiger charge is 2.41. The van der Waals surface area contributed by atoms with Crippen molar-refractivity contribution in [2.24, 2.45) is 11.7 Å². The minimum atomic E-state index is -0.523. The molecule has 0 aliphatic heterocycles. The molecule has 6 nitrogen and oxygen atoms in total. The summed E-state index contributed by atoms with van der Waals surface area (Å²) in [6, 6.07) is 4.19. The van der Waals surface area contributed by atoms with Gasteiger partial charge in [-0.2, -0.15) is 0 Å². The van der Waals surface area contributed by atoms with Crippen molar-refractivity contribution in [3.63, 3.8) is 0 Å². The molecule has 1 aromatic carbocycles. The Hall–Kier alpha value is -1.47. The fraction of sp³-hybridized carbons (Fsp3) is 0.462. The van der Waals surface area contributed by atoms with E-state index in [-0.39, 0.29) is 17.2 Å². The van der Waals surface area contributed by atoms with Crippen LogP contribution < -0.4 is 11.1 Å². The molecule has 0 bridgehead atoms. The van der Waals surface area contributed by atoms with Gasteiger partial charge in [0.2, 0.25) is 0 Å². The van der Waals surface area contributed by atoms with Crippen LogP contribution >= 0.6 is 15.9 Å². The van der Waals surface area contributed by atoms with E-state index < -0.39 is 10.5 Å². The first kappa shape index (κ1) is 14.9. The van der Waals surface area contributed by atoms with Crippen molar-refractivity contribution in [1.29, 1.82) is 0 Å². The molecule has 1 aliphatic carbocycles. The number of nitro groups is 1. The van der Waals surface area contributed by atoms with Crippen LogP contribution in [0.15, 0.2) is 22.7 Å². The Balaban J connectivity index is 2.22. The molecule has 7 heteroatoms. The number of carbonyl (C=O) groups is 1. The second kappa shape index (κ2) is 5.49. The number of nitrogens with two attached hydrogens (primary N) is 1. The van der Waals surface area contributed by atoms with Gasteiger partial charge in [-0.3, -0.25) is 14.9 Å². The predicted octanol–water partition coefficient (Wildman–Crippen LogP) is 2.21. The van der Waals surface area contributed by atoms with Crippen LogP contribution in [0, 0.1) is 16.0 Å². The molecule has 1 aliphatic rings. The molecule has 0 spiro atoms. The molecule has 108 valence electrons. The van der Waals surface area contributed by atoms with Crippen molar-refractivity contribution in [2.45, 2.75) is 25.3 Å². The van der Waals surface area contributed by atoms with Crippen LogP contribution in [0.2, 0.25) is 0 Å². The number of halogens is 1. The molecular formula is C13H16BrN3O3. The zero-order chi connectivity index (χ0) is 14.9. The number of hydrogen-bond donors (Lipinski definition) is 2. The van der Waals surface area contributed by atoms with E-state index in [9.17, 15) is 14.9 Å². The molecule has 3 N–H and O–H groups in total. The van der Waals surface area contributed by atoms with Crippen molar-refractivity contribution in [2.75, 3.05) is 6.54 Å². The second-order valence-electron chi connectivity index (χ2n) is 5.31. The summed E-state index contributed by atoms with van der Waals surface area (Å²) in [5.41, 5.74) is 5.44. The summed E-state index contributed by atoms with van der Waals surface area (Å²) in [6.45, 7) is 2.26. The quantitative estimate of drug-likeness (QED) is 0.633. The van der Waals surface area contributed by atoms with E-state index in [4.69, 9.17) is 5.73 Å². The first-order valence-electron chi connectivity index (χ1n) is 6.33. The van der Waals surface area contributed by atoms with Gasteiger partial charge in [0.25, 0.3) is 11.6 Å². The zero-order valence-corrected chi connectivity index (χ0v) is 12.6. The Morgan fingerprint density at radius 1 is 1.55 bits per heavy atom. The summed E-state index contributed by atoms with van der Waals surface area (Å²) in [5, 5.41) is 13.7. The summed E-state index contributed by atoms with van der Waals surface area (Å²) in [7, 11) is 0. The SMILES string of the molecule is CC(CN)(NC(=O)c1cc(Br)cc([N+](=O)[O-])c1)C1CC1. The Morgan fingerprint density at radius 2 is 2.20 bits per heavy atom. The Labute approximate surface area is 125 Å². The molecule has 1 atom stereocenters. The largest absolute Gasteiger partial charge is 0.345 e. The third-order valence-electron chi connectivity index (χ3n) is 3.66. The molecule has 1 unspecified atom stereocenters. The minimum absolute atomic E-state index is 0.120. The van der Waals surface area contributed by atoms with E-state index in [1.54, 1.807) is 6.07 Å². The lowest BCUT2D eigenvalue weighted by molar-refractivity contribution is -0.385. The number of benzene rings is 1. The third-order valence-corrected chi connectivity index (χ3v) is 4.11. The topological polar surface area (TPSA) is 98.3 Å². The lowest BCUT2D eigenvalue weighted by atomic mass is 9.95. The van der Waals surface area contributed by atoms with Gasteiger partial charge in [-0.25, -0.2) is 0 Å². The standard InChI is InChI=1S/C13H16BrN3O3/c1-13(7-15,9-2-3-9)16-12(18)8-4-10(14)6-11(5-8)17(19)20/h4-6,9H,2-3,7,15H2,1H3,(H,16,18). The van der Waals surface area contributed by atoms with Crippen molar-refractivity contribution in [3.05, 3.63) is 38.3 Å². The Kier molecular flexibility index (Phi) is 4.10. The minimum Gasteiger partial charge on any atom is -0.345 e. The highest BCUT2D eigenvalue weighted by molar-refractivity contribution is 9.10. The number of non-ortho nitro benzene ring substituents is 1. The first-order valence-corrected chi connectivity index (χ1v) is 7.12. The third kappa shape index (κ3) is 3.16. The average molecular weight is 342 g/mol. The molecule has 0 heterocycles. The maximum atomic E-state index is 12.3. The maximum Gasteiger partial charge on any atom is 0.271 e. The molecule has 0 saturated heterocycles. The normalized spacial score (nSPS) is 17.4. The molecule has 20 heavy (non-hydrogen) atoms. The smallest absolute Gasteiger partial charge is 0.271 e. The zero-order valence-electron chi connectivity index (χ0n) is 11.1. The number of nitrogens with one attached hydrogen (secondary N) is 1. The van der Waals surface area contributed by atoms with Crippen LogP contribution in [0.5, 0.6) is 0 Å². The van der Waals surface area contributed by atoms with E-state index in [1.165, 1.54) is 12.1 Å². The lowest BCUT2D eigenvalue weighted by Gasteiger charge is -2.29. The van der Waals surface area contributed by atoms with Gasteiger partial charge in [-0.1, -0.05) is 15.9 Å². The summed E-state index contributed by atoms with van der Waals surface area (Å²) >= 11 is 3.18. The monoisotopic (exact) mass is 341 g/mol. The van der Waals surface area contributed by atoms with Gasteiger partial charge in [0, 0.05) is 28.7 Å². The van der Waals surface area contributed by atoms with Crippen LogP contribution in [-0.4, -0.2) is 22.9 Å². The number of rotatable bonds is 5. The van der Waals surface area contributed by atoms with Gasteiger partial charge in [0.1, 0.15) is 0 Å². The Bertz CT molecular complexity index is 560. The van der Waals surface area contributed by atoms with Crippen LogP contribution in [0.3, 0.4) is 0 Å². The van der Waals surface area contributed by atoms with Crippen molar-refractivity contribution < 1.29 is 9.72 Å². The molecule has 2 rings (SSSR count). The molecule has 0 radical (unpaired) electrons. The summed E-state index contributed by atoms with van der Waals surface area (Å²) in [4.78, 5) is 22.6. The van der Waals surface area contributed by atoms with Gasteiger partial charge in [-0.05, 0) is 31.7 Å². The predicted molar refractivity (Wildman–Crippen MR) is 78.4 cm³/mol. The molecule has 1 aromatic rings. The highest BCUT2D eigenvalue weighted by Crippen LogP contribution is 2.39. The van der Waals surface area contributed by atoms with Gasteiger partial charge in [-0.15, -0.1) is 0 Å². The number of amides is 1. The number of carbonyl (C=O) groups excluding carboxylic acids is 1. The molecule has 1 amide bonds. The van der Waals surface area contributed by atoms with E-state index in [2.05, 4.69) is 21.2 Å².